The predicted molar refractivity (Wildman–Crippen MR) is 103 cm³/mol. The molecule has 7 heteroatoms. The van der Waals surface area contributed by atoms with Crippen molar-refractivity contribution >= 4 is 17.4 Å². The molecule has 1 N–H and O–H groups in total. The molecule has 0 spiro atoms. The molecule has 0 saturated carbocycles. The van der Waals surface area contributed by atoms with Gasteiger partial charge < -0.3 is 10.1 Å². The number of aromatic nitrogens is 2. The van der Waals surface area contributed by atoms with E-state index in [1.165, 1.54) is 0 Å². The smallest absolute Gasteiger partial charge is 0.306 e. The number of carbonyl (C=O) groups excluding carboxylic acids is 2. The number of allylic oxidation sites excluding steroid dienone is 1. The van der Waals surface area contributed by atoms with Gasteiger partial charge in [0.15, 0.2) is 0 Å². The fourth-order valence-electron chi connectivity index (χ4n) is 2.43. The number of hydrogen-bond acceptors (Lipinski definition) is 4. The molecule has 150 valence electrons. The molecule has 0 aromatic carbocycles. The lowest BCUT2D eigenvalue weighted by molar-refractivity contribution is -0.145. The van der Waals surface area contributed by atoms with E-state index in [0.717, 1.165) is 36.1 Å². The van der Waals surface area contributed by atoms with Crippen LogP contribution in [0.15, 0.2) is 24.5 Å². The summed E-state index contributed by atoms with van der Waals surface area (Å²) in [5.74, 6) is -0.692. The highest BCUT2D eigenvalue weighted by atomic mass is 19.1. The normalized spacial score (nSPS) is 12.6. The summed E-state index contributed by atoms with van der Waals surface area (Å²) in [6.07, 6.45) is 6.19. The van der Waals surface area contributed by atoms with Crippen LogP contribution in [-0.2, 0) is 28.0 Å². The molecule has 1 atom stereocenters. The third-order valence-electron chi connectivity index (χ3n) is 4.46. The molecule has 0 aliphatic carbocycles. The summed E-state index contributed by atoms with van der Waals surface area (Å²) < 4.78 is 19.6. The van der Waals surface area contributed by atoms with Gasteiger partial charge in [0.25, 0.3) is 5.91 Å². The minimum Gasteiger partial charge on any atom is -0.459 e. The fourth-order valence-corrected chi connectivity index (χ4v) is 2.43. The molecule has 1 amide bonds. The molecule has 0 aliphatic rings. The Balaban J connectivity index is 3.04. The summed E-state index contributed by atoms with van der Waals surface area (Å²) in [6, 6.07) is 0. The molecule has 0 saturated heterocycles. The Kier molecular flexibility index (Phi) is 9.47. The number of unbranched alkanes of at least 4 members (excludes halogenated alkanes) is 1. The van der Waals surface area contributed by atoms with Crippen LogP contribution < -0.4 is 5.32 Å². The highest BCUT2D eigenvalue weighted by Crippen LogP contribution is 2.28. The number of rotatable bonds is 11. The Morgan fingerprint density at radius 3 is 2.74 bits per heavy atom. The van der Waals surface area contributed by atoms with Crippen LogP contribution in [0.5, 0.6) is 0 Å². The van der Waals surface area contributed by atoms with Gasteiger partial charge in [-0.25, -0.2) is 4.39 Å². The van der Waals surface area contributed by atoms with Gasteiger partial charge in [0.1, 0.15) is 13.3 Å². The summed E-state index contributed by atoms with van der Waals surface area (Å²) in [7, 11) is 1.77. The van der Waals surface area contributed by atoms with Crippen molar-refractivity contribution in [3.8, 4) is 0 Å². The molecule has 6 nitrogen and oxygen atoms in total. The Morgan fingerprint density at radius 1 is 1.44 bits per heavy atom. The van der Waals surface area contributed by atoms with Crippen LogP contribution in [0.3, 0.4) is 0 Å². The van der Waals surface area contributed by atoms with E-state index < -0.39 is 12.6 Å². The number of ether oxygens (including phenoxy) is 1. The lowest BCUT2D eigenvalue weighted by Gasteiger charge is -2.16. The molecule has 1 aromatic heterocycles. The Morgan fingerprint density at radius 2 is 2.15 bits per heavy atom. The van der Waals surface area contributed by atoms with Gasteiger partial charge in [0.05, 0.1) is 11.9 Å². The topological polar surface area (TPSA) is 73.2 Å². The van der Waals surface area contributed by atoms with Crippen molar-refractivity contribution < 1.29 is 18.7 Å². The number of hydrogen-bond donors (Lipinski definition) is 1. The van der Waals surface area contributed by atoms with E-state index in [9.17, 15) is 14.0 Å². The van der Waals surface area contributed by atoms with Crippen LogP contribution in [0.1, 0.15) is 57.7 Å². The summed E-state index contributed by atoms with van der Waals surface area (Å²) in [5, 5.41) is 6.86. The molecular formula is C20H30FN3O3. The van der Waals surface area contributed by atoms with Gasteiger partial charge in [0, 0.05) is 30.8 Å². The average molecular weight is 379 g/mol. The van der Waals surface area contributed by atoms with Crippen LogP contribution in [0, 0.1) is 5.92 Å². The monoisotopic (exact) mass is 379 g/mol. The number of amides is 1. The molecule has 0 radical (unpaired) electrons. The second-order valence-corrected chi connectivity index (χ2v) is 6.51. The van der Waals surface area contributed by atoms with Gasteiger partial charge in [-0.3, -0.25) is 14.3 Å². The van der Waals surface area contributed by atoms with E-state index in [1.807, 2.05) is 20.8 Å². The first-order valence-corrected chi connectivity index (χ1v) is 9.27. The highest BCUT2D eigenvalue weighted by molar-refractivity contribution is 5.94. The van der Waals surface area contributed by atoms with Crippen molar-refractivity contribution in [3.05, 3.63) is 35.8 Å². The van der Waals surface area contributed by atoms with E-state index in [-0.39, 0.29) is 24.1 Å². The number of carbonyl (C=O) groups is 2. The van der Waals surface area contributed by atoms with Crippen molar-refractivity contribution in [1.29, 1.82) is 0 Å². The standard InChI is InChI=1S/C20H30FN3O3/c1-6-8-9-19(25)27-13-18-17(12-23-24(18)5)16(14(3)7-2)11-22-20(26)15(4)10-21/h11-12,14H,4,6-10,13H2,1-3,5H3,(H,22,26)/b16-11+/t14-/m1/s1. The van der Waals surface area contributed by atoms with E-state index in [2.05, 4.69) is 17.0 Å². The van der Waals surface area contributed by atoms with Crippen molar-refractivity contribution in [3.63, 3.8) is 0 Å². The van der Waals surface area contributed by atoms with Gasteiger partial charge in [-0.15, -0.1) is 0 Å². The van der Waals surface area contributed by atoms with Gasteiger partial charge in [0.2, 0.25) is 0 Å². The molecule has 0 fully saturated rings. The fraction of sp³-hybridized carbons (Fsp3) is 0.550. The zero-order chi connectivity index (χ0) is 20.4. The minimum atomic E-state index is -0.899. The summed E-state index contributed by atoms with van der Waals surface area (Å²) in [5.41, 5.74) is 2.24. The highest BCUT2D eigenvalue weighted by Gasteiger charge is 2.19. The number of nitrogens with zero attached hydrogens (tertiary/aromatic N) is 2. The summed E-state index contributed by atoms with van der Waals surface area (Å²) in [4.78, 5) is 23.7. The maximum Gasteiger partial charge on any atom is 0.306 e. The van der Waals surface area contributed by atoms with Gasteiger partial charge in [-0.05, 0) is 24.3 Å². The van der Waals surface area contributed by atoms with E-state index >= 15 is 0 Å². The van der Waals surface area contributed by atoms with Crippen LogP contribution >= 0.6 is 0 Å². The molecule has 1 rings (SSSR count). The van der Waals surface area contributed by atoms with Gasteiger partial charge >= 0.3 is 5.97 Å². The maximum absolute atomic E-state index is 12.6. The molecule has 27 heavy (non-hydrogen) atoms. The van der Waals surface area contributed by atoms with Crippen LogP contribution in [0.25, 0.3) is 5.57 Å². The number of aryl methyl sites for hydroxylation is 1. The first-order valence-electron chi connectivity index (χ1n) is 9.27. The van der Waals surface area contributed by atoms with Crippen LogP contribution in [0.4, 0.5) is 4.39 Å². The van der Waals surface area contributed by atoms with Crippen LogP contribution in [-0.4, -0.2) is 28.3 Å². The quantitative estimate of drug-likeness (QED) is 0.470. The van der Waals surface area contributed by atoms with Crippen molar-refractivity contribution in [2.75, 3.05) is 6.67 Å². The summed E-state index contributed by atoms with van der Waals surface area (Å²) in [6.45, 7) is 8.66. The molecule has 1 heterocycles. The first kappa shape index (κ1) is 22.6. The molecular weight excluding hydrogens is 349 g/mol. The first-order chi connectivity index (χ1) is 12.8. The molecule has 0 unspecified atom stereocenters. The average Bonchev–Trinajstić information content (AvgIpc) is 3.03. The number of nitrogens with one attached hydrogen (secondary N) is 1. The zero-order valence-corrected chi connectivity index (χ0v) is 16.7. The second-order valence-electron chi connectivity index (χ2n) is 6.51. The minimum absolute atomic E-state index is 0.104. The predicted octanol–water partition coefficient (Wildman–Crippen LogP) is 3.68. The van der Waals surface area contributed by atoms with E-state index in [4.69, 9.17) is 4.74 Å². The zero-order valence-electron chi connectivity index (χ0n) is 16.7. The number of alkyl halides is 1. The number of halogens is 1. The third-order valence-corrected chi connectivity index (χ3v) is 4.46. The SMILES string of the molecule is C=C(CF)C(=O)N/C=C(/c1cnn(C)c1COC(=O)CCCC)[C@H](C)CC. The third kappa shape index (κ3) is 6.66. The van der Waals surface area contributed by atoms with Crippen molar-refractivity contribution in [1.82, 2.24) is 15.1 Å². The van der Waals surface area contributed by atoms with Crippen molar-refractivity contribution in [2.45, 2.75) is 53.1 Å². The van der Waals surface area contributed by atoms with Gasteiger partial charge in [-0.2, -0.15) is 5.10 Å². The Hall–Kier alpha value is -2.44. The maximum atomic E-state index is 12.6. The van der Waals surface area contributed by atoms with Crippen LogP contribution in [0.2, 0.25) is 0 Å². The van der Waals surface area contributed by atoms with Gasteiger partial charge in [-0.1, -0.05) is 33.8 Å². The van der Waals surface area contributed by atoms with E-state index in [1.54, 1.807) is 24.1 Å². The molecule has 1 aromatic rings. The Bertz CT molecular complexity index is 695. The molecule has 0 aliphatic heterocycles. The second kappa shape index (κ2) is 11.3. The lowest BCUT2D eigenvalue weighted by atomic mass is 9.93. The summed E-state index contributed by atoms with van der Waals surface area (Å²) >= 11 is 0. The van der Waals surface area contributed by atoms with E-state index in [0.29, 0.717) is 6.42 Å². The Labute approximate surface area is 160 Å². The molecule has 0 bridgehead atoms. The lowest BCUT2D eigenvalue weighted by Crippen LogP contribution is -2.21. The van der Waals surface area contributed by atoms with Crippen molar-refractivity contribution in [2.24, 2.45) is 13.0 Å². The largest absolute Gasteiger partial charge is 0.459 e. The number of esters is 1.